The molecule has 1 aromatic rings. The van der Waals surface area contributed by atoms with Gasteiger partial charge in [-0.15, -0.1) is 0 Å². The smallest absolute Gasteiger partial charge is 0.407 e. The largest absolute Gasteiger partial charge is 0.756 e. The van der Waals surface area contributed by atoms with Gasteiger partial charge >= 0.3 is 12.1 Å². The number of hydrogen-bond donors (Lipinski definition) is 1. The fourth-order valence-electron chi connectivity index (χ4n) is 2.93. The third-order valence-corrected chi connectivity index (χ3v) is 5.43. The second kappa shape index (κ2) is 15.8. The van der Waals surface area contributed by atoms with E-state index in [2.05, 4.69) is 14.4 Å². The molecule has 10 nitrogen and oxygen atoms in total. The Morgan fingerprint density at radius 3 is 2.36 bits per heavy atom. The topological polar surface area (TPSA) is 132 Å². The Bertz CT molecular complexity index is 777. The van der Waals surface area contributed by atoms with E-state index < -0.39 is 19.9 Å². The summed E-state index contributed by atoms with van der Waals surface area (Å²) in [4.78, 5) is 34.8. The van der Waals surface area contributed by atoms with Crippen molar-refractivity contribution in [2.75, 3.05) is 33.5 Å². The average molecular weight is 488 g/mol. The molecule has 0 saturated carbocycles. The second-order valence-corrected chi connectivity index (χ2v) is 8.98. The van der Waals surface area contributed by atoms with Crippen molar-refractivity contribution in [3.8, 4) is 5.75 Å². The molecule has 1 amide bonds. The van der Waals surface area contributed by atoms with Crippen LogP contribution < -0.4 is 14.9 Å². The van der Waals surface area contributed by atoms with Crippen molar-refractivity contribution in [1.29, 1.82) is 0 Å². The molecular formula is C22H35NO9P-. The molecule has 1 aromatic carbocycles. The molecular weight excluding hydrogens is 453 g/mol. The molecule has 0 aliphatic rings. The quantitative estimate of drug-likeness (QED) is 0.160. The minimum atomic E-state index is -4.15. The maximum absolute atomic E-state index is 11.9. The minimum absolute atomic E-state index is 0.0769. The highest BCUT2D eigenvalue weighted by atomic mass is 31.2. The number of ether oxygens (including phenoxy) is 3. The molecule has 11 heteroatoms. The lowest BCUT2D eigenvalue weighted by Crippen LogP contribution is -2.25. The molecule has 1 N–H and O–H groups in total. The first kappa shape index (κ1) is 29.1. The number of aryl methyl sites for hydroxylation is 2. The van der Waals surface area contributed by atoms with Gasteiger partial charge in [0.05, 0.1) is 6.61 Å². The highest BCUT2D eigenvalue weighted by Gasteiger charge is 2.13. The molecule has 0 aliphatic carbocycles. The van der Waals surface area contributed by atoms with E-state index in [1.807, 2.05) is 32.9 Å². The Morgan fingerprint density at radius 1 is 1.06 bits per heavy atom. The predicted octanol–water partition coefficient (Wildman–Crippen LogP) is 3.55. The standard InChI is InChI=1S/C22H36NO9P/c1-5-11-29-16-20(24)32-21-17(2)13-19(14-18(21)3)15-30-22(25)23-10-8-6-7-9-12-31-33(26,27)28-4/h13-14H,5-12,15-16H2,1-4H3,(H,23,25)(H,26,27)/p-1. The van der Waals surface area contributed by atoms with E-state index in [0.717, 1.165) is 49.5 Å². The maximum Gasteiger partial charge on any atom is 0.407 e. The van der Waals surface area contributed by atoms with E-state index in [1.54, 1.807) is 0 Å². The summed E-state index contributed by atoms with van der Waals surface area (Å²) in [5.74, 6) is 0.0323. The number of nitrogens with one attached hydrogen (secondary N) is 1. The highest BCUT2D eigenvalue weighted by molar-refractivity contribution is 7.45. The first-order valence-electron chi connectivity index (χ1n) is 11.0. The molecule has 1 unspecified atom stereocenters. The summed E-state index contributed by atoms with van der Waals surface area (Å²) < 4.78 is 35.7. The van der Waals surface area contributed by atoms with Crippen LogP contribution in [0.1, 0.15) is 55.7 Å². The predicted molar refractivity (Wildman–Crippen MR) is 120 cm³/mol. The third kappa shape index (κ3) is 12.7. The van der Waals surface area contributed by atoms with Crippen molar-refractivity contribution >= 4 is 19.9 Å². The van der Waals surface area contributed by atoms with E-state index >= 15 is 0 Å². The highest BCUT2D eigenvalue weighted by Crippen LogP contribution is 2.36. The molecule has 0 radical (unpaired) electrons. The van der Waals surface area contributed by atoms with Crippen LogP contribution in [0.15, 0.2) is 12.1 Å². The second-order valence-electron chi connectivity index (χ2n) is 7.47. The Balaban J connectivity index is 2.28. The number of carbonyl (C=O) groups excluding carboxylic acids is 2. The van der Waals surface area contributed by atoms with Crippen LogP contribution in [0.4, 0.5) is 4.79 Å². The van der Waals surface area contributed by atoms with Crippen molar-refractivity contribution in [2.45, 2.75) is 59.5 Å². The molecule has 0 saturated heterocycles. The van der Waals surface area contributed by atoms with Crippen LogP contribution in [0, 0.1) is 13.8 Å². The molecule has 0 aromatic heterocycles. The Labute approximate surface area is 195 Å². The van der Waals surface area contributed by atoms with Gasteiger partial charge in [0, 0.05) is 20.3 Å². The molecule has 0 spiro atoms. The van der Waals surface area contributed by atoms with Crippen LogP contribution in [0.2, 0.25) is 0 Å². The number of rotatable bonds is 16. The number of benzene rings is 1. The van der Waals surface area contributed by atoms with Gasteiger partial charge in [0.25, 0.3) is 7.82 Å². The molecule has 33 heavy (non-hydrogen) atoms. The fourth-order valence-corrected chi connectivity index (χ4v) is 3.39. The maximum atomic E-state index is 11.9. The summed E-state index contributed by atoms with van der Waals surface area (Å²) in [6, 6.07) is 3.62. The Hall–Kier alpha value is -1.97. The van der Waals surface area contributed by atoms with E-state index in [1.165, 1.54) is 0 Å². The minimum Gasteiger partial charge on any atom is -0.756 e. The number of amides is 1. The number of esters is 1. The number of hydrogen-bond acceptors (Lipinski definition) is 9. The number of unbranched alkanes of at least 4 members (excludes halogenated alkanes) is 3. The third-order valence-electron chi connectivity index (χ3n) is 4.49. The number of alkyl carbamates (subject to hydrolysis) is 1. The lowest BCUT2D eigenvalue weighted by molar-refractivity contribution is -0.223. The van der Waals surface area contributed by atoms with Gasteiger partial charge in [-0.05, 0) is 61.9 Å². The van der Waals surface area contributed by atoms with Crippen LogP contribution >= 0.6 is 7.82 Å². The van der Waals surface area contributed by atoms with Crippen molar-refractivity contribution in [3.63, 3.8) is 0 Å². The summed E-state index contributed by atoms with van der Waals surface area (Å²) in [6.07, 6.45) is 3.18. The number of phosphoric ester groups is 1. The first-order valence-corrected chi connectivity index (χ1v) is 12.4. The van der Waals surface area contributed by atoms with Crippen LogP contribution in [0.3, 0.4) is 0 Å². The molecule has 0 bridgehead atoms. The van der Waals surface area contributed by atoms with E-state index in [4.69, 9.17) is 14.2 Å². The monoisotopic (exact) mass is 488 g/mol. The Morgan fingerprint density at radius 2 is 1.73 bits per heavy atom. The van der Waals surface area contributed by atoms with Gasteiger partial charge in [-0.25, -0.2) is 9.59 Å². The van der Waals surface area contributed by atoms with Gasteiger partial charge in [-0.2, -0.15) is 0 Å². The molecule has 188 valence electrons. The van der Waals surface area contributed by atoms with Crippen LogP contribution in [-0.2, 0) is 34.5 Å². The fraction of sp³-hybridized carbons (Fsp3) is 0.636. The SMILES string of the molecule is CCCOCC(=O)Oc1c(C)cc(COC(=O)NCCCCCCOP(=O)([O-])OC)cc1C. The zero-order chi connectivity index (χ0) is 24.7. The molecule has 1 rings (SSSR count). The van der Waals surface area contributed by atoms with Gasteiger partial charge < -0.3 is 33.5 Å². The van der Waals surface area contributed by atoms with E-state index in [-0.39, 0.29) is 19.8 Å². The van der Waals surface area contributed by atoms with Gasteiger partial charge in [0.1, 0.15) is 19.0 Å². The van der Waals surface area contributed by atoms with Gasteiger partial charge in [-0.3, -0.25) is 4.57 Å². The normalized spacial score (nSPS) is 12.8. The van der Waals surface area contributed by atoms with Gasteiger partial charge in [0.15, 0.2) is 0 Å². The number of phosphoric acid groups is 1. The summed E-state index contributed by atoms with van der Waals surface area (Å²) in [7, 11) is -3.10. The van der Waals surface area contributed by atoms with E-state index in [9.17, 15) is 19.0 Å². The van der Waals surface area contributed by atoms with Crippen molar-refractivity contribution in [2.24, 2.45) is 0 Å². The summed E-state index contributed by atoms with van der Waals surface area (Å²) in [5.41, 5.74) is 2.32. The lowest BCUT2D eigenvalue weighted by Gasteiger charge is -2.19. The summed E-state index contributed by atoms with van der Waals surface area (Å²) >= 11 is 0. The van der Waals surface area contributed by atoms with Gasteiger partial charge in [0.2, 0.25) is 0 Å². The summed E-state index contributed by atoms with van der Waals surface area (Å²) in [6.45, 7) is 6.63. The zero-order valence-electron chi connectivity index (χ0n) is 19.8. The molecule has 0 fully saturated rings. The van der Waals surface area contributed by atoms with Crippen molar-refractivity contribution in [3.05, 3.63) is 28.8 Å². The summed E-state index contributed by atoms with van der Waals surface area (Å²) in [5, 5.41) is 2.68. The van der Waals surface area contributed by atoms with Crippen LogP contribution in [-0.4, -0.2) is 45.5 Å². The van der Waals surface area contributed by atoms with Gasteiger partial charge in [-0.1, -0.05) is 19.8 Å². The van der Waals surface area contributed by atoms with Crippen LogP contribution in [0.5, 0.6) is 5.75 Å². The molecule has 1 atom stereocenters. The Kier molecular flexibility index (Phi) is 13.9. The van der Waals surface area contributed by atoms with E-state index in [0.29, 0.717) is 25.3 Å². The molecule has 0 aliphatic heterocycles. The zero-order valence-corrected chi connectivity index (χ0v) is 20.7. The number of carbonyl (C=O) groups is 2. The van der Waals surface area contributed by atoms with Crippen LogP contribution in [0.25, 0.3) is 0 Å². The first-order chi connectivity index (χ1) is 15.7. The van der Waals surface area contributed by atoms with Crippen molar-refractivity contribution in [1.82, 2.24) is 5.32 Å². The molecule has 0 heterocycles. The lowest BCUT2D eigenvalue weighted by atomic mass is 10.1. The van der Waals surface area contributed by atoms with Crippen molar-refractivity contribution < 1.29 is 42.3 Å². The average Bonchev–Trinajstić information content (AvgIpc) is 2.76.